The predicted molar refractivity (Wildman–Crippen MR) is 123 cm³/mol. The standard InChI is InChI=1S/C23H23N3O10/c1-34-21(30)13-6-4-12(5-7-13)11-24-19(28)17(26-33)18(27)20(29)25-16-9-14(22(31)35-2)8-15(10-16)23(32)36-3/h4-10,17-18,27H,11H2,1-3H3,(H,24,28)(H,25,29)/t17-,18-/m1/s1. The van der Waals surface area contributed by atoms with Crippen molar-refractivity contribution < 1.29 is 43.3 Å². The highest BCUT2D eigenvalue weighted by Gasteiger charge is 2.34. The molecule has 13 nitrogen and oxygen atoms in total. The van der Waals surface area contributed by atoms with Gasteiger partial charge in [-0.05, 0) is 35.9 Å². The summed E-state index contributed by atoms with van der Waals surface area (Å²) in [5.41, 5.74) is 0.517. The molecule has 2 amide bonds. The van der Waals surface area contributed by atoms with Gasteiger partial charge in [0, 0.05) is 12.2 Å². The summed E-state index contributed by atoms with van der Waals surface area (Å²) in [5.74, 6) is -4.41. The van der Waals surface area contributed by atoms with Crippen molar-refractivity contribution in [1.82, 2.24) is 5.32 Å². The Morgan fingerprint density at radius 2 is 1.31 bits per heavy atom. The molecule has 0 radical (unpaired) electrons. The van der Waals surface area contributed by atoms with E-state index in [1.165, 1.54) is 37.4 Å². The van der Waals surface area contributed by atoms with Gasteiger partial charge in [-0.25, -0.2) is 14.4 Å². The Morgan fingerprint density at radius 3 is 1.78 bits per heavy atom. The predicted octanol–water partition coefficient (Wildman–Crippen LogP) is 0.797. The lowest BCUT2D eigenvalue weighted by molar-refractivity contribution is -0.132. The first-order valence-corrected chi connectivity index (χ1v) is 10.2. The van der Waals surface area contributed by atoms with Gasteiger partial charge in [0.15, 0.2) is 6.10 Å². The minimum Gasteiger partial charge on any atom is -0.465 e. The number of ether oxygens (including phenoxy) is 3. The average molecular weight is 501 g/mol. The number of nitrogens with zero attached hydrogens (tertiary/aromatic N) is 1. The van der Waals surface area contributed by atoms with Crippen molar-refractivity contribution >= 4 is 35.4 Å². The number of anilines is 1. The number of benzene rings is 2. The fourth-order valence-electron chi connectivity index (χ4n) is 2.95. The summed E-state index contributed by atoms with van der Waals surface area (Å²) in [6.45, 7) is -0.0929. The number of carbonyl (C=O) groups is 5. The average Bonchev–Trinajstić information content (AvgIpc) is 2.90. The Balaban J connectivity index is 2.11. The van der Waals surface area contributed by atoms with Gasteiger partial charge in [-0.2, -0.15) is 0 Å². The molecule has 0 unspecified atom stereocenters. The van der Waals surface area contributed by atoms with Crippen LogP contribution in [-0.2, 0) is 30.3 Å². The molecular weight excluding hydrogens is 478 g/mol. The molecule has 2 aromatic rings. The van der Waals surface area contributed by atoms with Crippen LogP contribution < -0.4 is 10.6 Å². The number of hydrogen-bond acceptors (Lipinski definition) is 11. The van der Waals surface area contributed by atoms with Gasteiger partial charge in [0.05, 0.1) is 38.0 Å². The Kier molecular flexibility index (Phi) is 9.74. The number of hydrogen-bond donors (Lipinski definition) is 3. The molecule has 190 valence electrons. The van der Waals surface area contributed by atoms with Gasteiger partial charge >= 0.3 is 17.9 Å². The minimum atomic E-state index is -2.20. The number of rotatable bonds is 10. The summed E-state index contributed by atoms with van der Waals surface area (Å²) in [4.78, 5) is 71.4. The smallest absolute Gasteiger partial charge is 0.337 e. The van der Waals surface area contributed by atoms with Crippen molar-refractivity contribution in [2.45, 2.75) is 18.7 Å². The van der Waals surface area contributed by atoms with Gasteiger partial charge in [-0.1, -0.05) is 17.3 Å². The van der Waals surface area contributed by atoms with Gasteiger partial charge in [0.25, 0.3) is 11.8 Å². The van der Waals surface area contributed by atoms with Gasteiger partial charge < -0.3 is 30.0 Å². The SMILES string of the molecule is COC(=O)c1ccc(CNC(=O)[C@H](N=O)[C@@H](O)C(=O)Nc2cc(C(=O)OC)cc(C(=O)OC)c2)cc1. The Bertz CT molecular complexity index is 1130. The maximum atomic E-state index is 12.5. The second kappa shape index (κ2) is 12.7. The number of amides is 2. The Labute approximate surface area is 204 Å². The van der Waals surface area contributed by atoms with Gasteiger partial charge in [-0.3, -0.25) is 9.59 Å². The lowest BCUT2D eigenvalue weighted by atomic mass is 10.1. The van der Waals surface area contributed by atoms with Crippen LogP contribution in [0.4, 0.5) is 5.69 Å². The molecule has 2 rings (SSSR count). The molecule has 36 heavy (non-hydrogen) atoms. The van der Waals surface area contributed by atoms with Crippen LogP contribution >= 0.6 is 0 Å². The van der Waals surface area contributed by atoms with E-state index >= 15 is 0 Å². The highest BCUT2D eigenvalue weighted by Crippen LogP contribution is 2.18. The summed E-state index contributed by atoms with van der Waals surface area (Å²) in [6.07, 6.45) is -2.20. The maximum Gasteiger partial charge on any atom is 0.337 e. The van der Waals surface area contributed by atoms with Crippen LogP contribution in [-0.4, -0.2) is 68.3 Å². The lowest BCUT2D eigenvalue weighted by Crippen LogP contribution is -2.46. The van der Waals surface area contributed by atoms with Crippen molar-refractivity contribution in [1.29, 1.82) is 0 Å². The second-order valence-corrected chi connectivity index (χ2v) is 7.17. The molecule has 2 atom stereocenters. The van der Waals surface area contributed by atoms with Crippen molar-refractivity contribution in [3.05, 3.63) is 69.6 Å². The van der Waals surface area contributed by atoms with Crippen molar-refractivity contribution in [2.24, 2.45) is 5.18 Å². The number of nitrogens with one attached hydrogen (secondary N) is 2. The second-order valence-electron chi connectivity index (χ2n) is 7.17. The van der Waals surface area contributed by atoms with E-state index in [9.17, 15) is 34.0 Å². The van der Waals surface area contributed by atoms with E-state index < -0.39 is 41.9 Å². The summed E-state index contributed by atoms with van der Waals surface area (Å²) >= 11 is 0. The van der Waals surface area contributed by atoms with E-state index in [2.05, 4.69) is 30.0 Å². The maximum absolute atomic E-state index is 12.5. The zero-order valence-corrected chi connectivity index (χ0v) is 19.5. The van der Waals surface area contributed by atoms with Crippen LogP contribution in [0.3, 0.4) is 0 Å². The van der Waals surface area contributed by atoms with E-state index in [1.807, 2.05) is 0 Å². The number of nitroso groups, excluding NO2 is 1. The van der Waals surface area contributed by atoms with Crippen LogP contribution in [0.1, 0.15) is 36.6 Å². The van der Waals surface area contributed by atoms with E-state index in [1.54, 1.807) is 0 Å². The largest absolute Gasteiger partial charge is 0.465 e. The molecule has 0 fully saturated rings. The molecule has 2 aromatic carbocycles. The fraction of sp³-hybridized carbons (Fsp3) is 0.261. The first-order chi connectivity index (χ1) is 17.1. The monoisotopic (exact) mass is 501 g/mol. The van der Waals surface area contributed by atoms with Crippen LogP contribution in [0, 0.1) is 4.91 Å². The molecule has 0 aliphatic rings. The Hall–Kier alpha value is -4.65. The van der Waals surface area contributed by atoms with Gasteiger partial charge in [-0.15, -0.1) is 4.91 Å². The summed E-state index contributed by atoms with van der Waals surface area (Å²) in [7, 11) is 3.46. The lowest BCUT2D eigenvalue weighted by Gasteiger charge is -2.17. The minimum absolute atomic E-state index is 0.0929. The van der Waals surface area contributed by atoms with Crippen molar-refractivity contribution in [2.75, 3.05) is 26.6 Å². The molecule has 0 saturated heterocycles. The number of aliphatic hydroxyl groups is 1. The zero-order chi connectivity index (χ0) is 26.8. The van der Waals surface area contributed by atoms with Crippen molar-refractivity contribution in [3.63, 3.8) is 0 Å². The van der Waals surface area contributed by atoms with E-state index in [0.717, 1.165) is 26.4 Å². The molecular formula is C23H23N3O10. The molecule has 0 saturated carbocycles. The third-order valence-corrected chi connectivity index (χ3v) is 4.83. The number of esters is 3. The number of methoxy groups -OCH3 is 3. The third kappa shape index (κ3) is 6.93. The number of aliphatic hydroxyl groups excluding tert-OH is 1. The topological polar surface area (TPSA) is 187 Å². The van der Waals surface area contributed by atoms with Crippen LogP contribution in [0.15, 0.2) is 47.6 Å². The first kappa shape index (κ1) is 27.6. The highest BCUT2D eigenvalue weighted by molar-refractivity contribution is 6.02. The van der Waals surface area contributed by atoms with Crippen LogP contribution in [0.2, 0.25) is 0 Å². The quantitative estimate of drug-likeness (QED) is 0.239. The summed E-state index contributed by atoms with van der Waals surface area (Å²) in [5, 5.41) is 17.4. The highest BCUT2D eigenvalue weighted by atomic mass is 16.5. The molecule has 0 bridgehead atoms. The van der Waals surface area contributed by atoms with Crippen LogP contribution in [0.25, 0.3) is 0 Å². The van der Waals surface area contributed by atoms with Crippen molar-refractivity contribution in [3.8, 4) is 0 Å². The molecule has 0 aromatic heterocycles. The number of carbonyl (C=O) groups excluding carboxylic acids is 5. The normalized spacial score (nSPS) is 11.9. The summed E-state index contributed by atoms with van der Waals surface area (Å²) < 4.78 is 13.8. The first-order valence-electron chi connectivity index (χ1n) is 10.2. The van der Waals surface area contributed by atoms with Gasteiger partial charge in [0.2, 0.25) is 6.04 Å². The molecule has 3 N–H and O–H groups in total. The summed E-state index contributed by atoms with van der Waals surface area (Å²) in [6, 6.07) is 7.48. The van der Waals surface area contributed by atoms with E-state index in [0.29, 0.717) is 11.1 Å². The zero-order valence-electron chi connectivity index (χ0n) is 19.5. The fourth-order valence-corrected chi connectivity index (χ4v) is 2.95. The Morgan fingerprint density at radius 1 is 0.806 bits per heavy atom. The molecule has 0 aliphatic carbocycles. The molecule has 0 aliphatic heterocycles. The van der Waals surface area contributed by atoms with Gasteiger partial charge in [0.1, 0.15) is 0 Å². The molecule has 13 heteroatoms. The van der Waals surface area contributed by atoms with E-state index in [4.69, 9.17) is 0 Å². The molecule has 0 heterocycles. The van der Waals surface area contributed by atoms with Crippen LogP contribution in [0.5, 0.6) is 0 Å². The third-order valence-electron chi connectivity index (χ3n) is 4.83. The molecule has 0 spiro atoms. The van der Waals surface area contributed by atoms with E-state index in [-0.39, 0.29) is 23.4 Å².